The Kier molecular flexibility index (Phi) is 8.24. The maximum Gasteiger partial charge on any atom is 0.387 e. The van der Waals surface area contributed by atoms with Crippen molar-refractivity contribution in [1.82, 2.24) is 10.3 Å². The molecule has 9 nitrogen and oxygen atoms in total. The zero-order valence-electron chi connectivity index (χ0n) is 21.9. The fourth-order valence-electron chi connectivity index (χ4n) is 4.84. The molecule has 4 rings (SSSR count). The van der Waals surface area contributed by atoms with Crippen LogP contribution in [0.15, 0.2) is 54.7 Å². The molecule has 12 heteroatoms. The van der Waals surface area contributed by atoms with E-state index in [1.54, 1.807) is 4.90 Å². The van der Waals surface area contributed by atoms with E-state index in [4.69, 9.17) is 11.6 Å². The number of carboxylic acid groups (broad SMARTS) is 1. The van der Waals surface area contributed by atoms with Crippen molar-refractivity contribution in [1.29, 1.82) is 0 Å². The van der Waals surface area contributed by atoms with Gasteiger partial charge in [-0.1, -0.05) is 49.7 Å². The summed E-state index contributed by atoms with van der Waals surface area (Å²) in [7, 11) is 1.45. The second-order valence-corrected chi connectivity index (χ2v) is 10.0. The summed E-state index contributed by atoms with van der Waals surface area (Å²) in [5.74, 6) is -2.47. The van der Waals surface area contributed by atoms with Gasteiger partial charge < -0.3 is 25.4 Å². The molecule has 2 heterocycles. The molecule has 40 heavy (non-hydrogen) atoms. The third-order valence-corrected chi connectivity index (χ3v) is 7.02. The molecular weight excluding hydrogens is 546 g/mol. The maximum absolute atomic E-state index is 14.1. The van der Waals surface area contributed by atoms with Gasteiger partial charge in [-0.25, -0.2) is 9.78 Å². The molecule has 1 aromatic heterocycles. The van der Waals surface area contributed by atoms with Gasteiger partial charge >= 0.3 is 12.6 Å². The number of amides is 2. The smallest absolute Gasteiger partial charge is 0.387 e. The van der Waals surface area contributed by atoms with E-state index < -0.39 is 29.8 Å². The molecule has 0 spiro atoms. The number of benzene rings is 2. The molecule has 3 aromatic rings. The van der Waals surface area contributed by atoms with Crippen molar-refractivity contribution >= 4 is 40.8 Å². The van der Waals surface area contributed by atoms with Crippen LogP contribution in [0.3, 0.4) is 0 Å². The van der Waals surface area contributed by atoms with Crippen molar-refractivity contribution in [3.05, 3.63) is 82.1 Å². The minimum Gasteiger partial charge on any atom is -0.478 e. The molecule has 1 aliphatic rings. The van der Waals surface area contributed by atoms with Crippen LogP contribution in [0.1, 0.15) is 51.6 Å². The largest absolute Gasteiger partial charge is 0.478 e. The first-order chi connectivity index (χ1) is 19.0. The number of nitrogens with one attached hydrogen (secondary N) is 2. The van der Waals surface area contributed by atoms with E-state index in [1.807, 2.05) is 38.1 Å². The topological polar surface area (TPSA) is 121 Å². The SMILES string of the molecule is CNC(=O)c1cc(Cl)ncc1NC(=O)C1(c2ccccc2C(C)C)CN(c2ccc(C(=O)O)cc2OC(F)F)C1. The van der Waals surface area contributed by atoms with Gasteiger partial charge in [0.15, 0.2) is 0 Å². The van der Waals surface area contributed by atoms with Crippen molar-refractivity contribution in [2.24, 2.45) is 0 Å². The van der Waals surface area contributed by atoms with E-state index in [0.717, 1.165) is 17.2 Å². The summed E-state index contributed by atoms with van der Waals surface area (Å²) in [4.78, 5) is 43.6. The number of alkyl halides is 2. The Balaban J connectivity index is 1.76. The van der Waals surface area contributed by atoms with Gasteiger partial charge in [0, 0.05) is 20.1 Å². The predicted molar refractivity (Wildman–Crippen MR) is 146 cm³/mol. The molecule has 0 aliphatic carbocycles. The fourth-order valence-corrected chi connectivity index (χ4v) is 5.00. The maximum atomic E-state index is 14.1. The molecule has 0 bridgehead atoms. The molecule has 1 aliphatic heterocycles. The van der Waals surface area contributed by atoms with Gasteiger partial charge in [-0.2, -0.15) is 8.78 Å². The lowest BCUT2D eigenvalue weighted by molar-refractivity contribution is -0.122. The molecule has 2 aromatic carbocycles. The number of hydrogen-bond acceptors (Lipinski definition) is 6. The standard InChI is InChI=1S/C28H27ClF2N4O5/c1-15(2)17-6-4-5-7-19(17)28(26(39)34-20-12-33-23(29)11-18(20)24(36)32-3)13-35(14-28)21-9-8-16(25(37)38)10-22(21)40-27(30)31/h4-12,15,27H,13-14H2,1-3H3,(H,32,36)(H,34,39)(H,37,38). The molecule has 0 radical (unpaired) electrons. The Morgan fingerprint density at radius 3 is 2.45 bits per heavy atom. The molecule has 1 saturated heterocycles. The number of halogens is 3. The van der Waals surface area contributed by atoms with Gasteiger partial charge in [0.05, 0.1) is 28.7 Å². The van der Waals surface area contributed by atoms with E-state index in [1.165, 1.54) is 31.4 Å². The van der Waals surface area contributed by atoms with Gasteiger partial charge in [0.25, 0.3) is 5.91 Å². The monoisotopic (exact) mass is 572 g/mol. The van der Waals surface area contributed by atoms with Crippen molar-refractivity contribution in [2.75, 3.05) is 30.4 Å². The highest BCUT2D eigenvalue weighted by Gasteiger charge is 2.52. The summed E-state index contributed by atoms with van der Waals surface area (Å²) in [6, 6.07) is 12.5. The van der Waals surface area contributed by atoms with Crippen molar-refractivity contribution in [2.45, 2.75) is 31.8 Å². The molecule has 0 atom stereocenters. The highest BCUT2D eigenvalue weighted by molar-refractivity contribution is 6.30. The average Bonchev–Trinajstić information content (AvgIpc) is 2.89. The van der Waals surface area contributed by atoms with Crippen LogP contribution in [-0.4, -0.2) is 54.6 Å². The Hall–Kier alpha value is -4.25. The first kappa shape index (κ1) is 28.8. The van der Waals surface area contributed by atoms with Gasteiger partial charge in [0.2, 0.25) is 5.91 Å². The van der Waals surface area contributed by atoms with Gasteiger partial charge in [-0.15, -0.1) is 0 Å². The van der Waals surface area contributed by atoms with Gasteiger partial charge in [-0.3, -0.25) is 9.59 Å². The molecule has 210 valence electrons. The minimum absolute atomic E-state index is 0.0566. The Morgan fingerprint density at radius 2 is 1.82 bits per heavy atom. The summed E-state index contributed by atoms with van der Waals surface area (Å²) < 4.78 is 31.1. The molecule has 1 fully saturated rings. The van der Waals surface area contributed by atoms with E-state index in [9.17, 15) is 28.3 Å². The third-order valence-electron chi connectivity index (χ3n) is 6.81. The van der Waals surface area contributed by atoms with Gasteiger partial charge in [-0.05, 0) is 41.3 Å². The number of carbonyl (C=O) groups excluding carboxylic acids is 2. The minimum atomic E-state index is -3.18. The van der Waals surface area contributed by atoms with Crippen LogP contribution in [0.2, 0.25) is 5.15 Å². The van der Waals surface area contributed by atoms with Crippen molar-refractivity contribution < 1.29 is 33.0 Å². The predicted octanol–water partition coefficient (Wildman–Crippen LogP) is 4.91. The molecule has 0 saturated carbocycles. The Bertz CT molecular complexity index is 1460. The van der Waals surface area contributed by atoms with E-state index in [2.05, 4.69) is 20.4 Å². The zero-order valence-corrected chi connectivity index (χ0v) is 22.6. The quantitative estimate of drug-likeness (QED) is 0.311. The molecule has 0 unspecified atom stereocenters. The van der Waals surface area contributed by atoms with E-state index in [0.29, 0.717) is 0 Å². The number of anilines is 2. The number of nitrogens with zero attached hydrogens (tertiary/aromatic N) is 2. The Labute approximate surface area is 234 Å². The number of hydrogen-bond donors (Lipinski definition) is 3. The lowest BCUT2D eigenvalue weighted by atomic mass is 9.69. The molecule has 3 N–H and O–H groups in total. The number of rotatable bonds is 9. The summed E-state index contributed by atoms with van der Waals surface area (Å²) in [5, 5.41) is 14.7. The second-order valence-electron chi connectivity index (χ2n) is 9.63. The van der Waals surface area contributed by atoms with Crippen LogP contribution < -0.4 is 20.3 Å². The van der Waals surface area contributed by atoms with E-state index in [-0.39, 0.29) is 52.4 Å². The molecular formula is C28H27ClF2N4O5. The zero-order chi connectivity index (χ0) is 29.2. The number of ether oxygens (including phenoxy) is 1. The number of pyridine rings is 1. The first-order valence-electron chi connectivity index (χ1n) is 12.3. The number of aromatic carboxylic acids is 1. The van der Waals surface area contributed by atoms with Crippen LogP contribution in [0.4, 0.5) is 20.2 Å². The normalized spacial score (nSPS) is 14.1. The second kappa shape index (κ2) is 11.5. The summed E-state index contributed by atoms with van der Waals surface area (Å²) >= 11 is 5.99. The third kappa shape index (κ3) is 5.55. The first-order valence-corrected chi connectivity index (χ1v) is 12.7. The van der Waals surface area contributed by atoms with Crippen LogP contribution >= 0.6 is 11.6 Å². The van der Waals surface area contributed by atoms with Crippen LogP contribution in [0, 0.1) is 0 Å². The van der Waals surface area contributed by atoms with Crippen LogP contribution in [0.25, 0.3) is 0 Å². The molecule has 2 amide bonds. The Morgan fingerprint density at radius 1 is 1.12 bits per heavy atom. The van der Waals surface area contributed by atoms with Crippen LogP contribution in [-0.2, 0) is 10.2 Å². The lowest BCUT2D eigenvalue weighted by Crippen LogP contribution is -2.65. The summed E-state index contributed by atoms with van der Waals surface area (Å²) in [6.45, 7) is 0.926. The van der Waals surface area contributed by atoms with Crippen molar-refractivity contribution in [3.8, 4) is 5.75 Å². The van der Waals surface area contributed by atoms with Gasteiger partial charge in [0.1, 0.15) is 16.3 Å². The van der Waals surface area contributed by atoms with Crippen molar-refractivity contribution in [3.63, 3.8) is 0 Å². The number of carboxylic acids is 1. The number of aromatic nitrogens is 1. The summed E-state index contributed by atoms with van der Waals surface area (Å²) in [5.41, 5.74) is 0.774. The highest BCUT2D eigenvalue weighted by Crippen LogP contribution is 2.45. The highest BCUT2D eigenvalue weighted by atomic mass is 35.5. The summed E-state index contributed by atoms with van der Waals surface area (Å²) in [6.07, 6.45) is 1.29. The lowest BCUT2D eigenvalue weighted by Gasteiger charge is -2.51. The fraction of sp³-hybridized carbons (Fsp3) is 0.286. The number of carbonyl (C=O) groups is 3. The average molecular weight is 573 g/mol. The van der Waals surface area contributed by atoms with E-state index >= 15 is 0 Å². The van der Waals surface area contributed by atoms with Crippen LogP contribution in [0.5, 0.6) is 5.75 Å².